The Bertz CT molecular complexity index is 1040. The Morgan fingerprint density at radius 3 is 2.61 bits per heavy atom. The first kappa shape index (κ1) is 18.3. The van der Waals surface area contributed by atoms with Gasteiger partial charge in [-0.25, -0.2) is 4.79 Å². The summed E-state index contributed by atoms with van der Waals surface area (Å²) in [5.41, 5.74) is 2.84. The van der Waals surface area contributed by atoms with Crippen molar-refractivity contribution in [1.29, 1.82) is 0 Å². The lowest BCUT2D eigenvalue weighted by atomic mass is 9.88. The van der Waals surface area contributed by atoms with Gasteiger partial charge >= 0.3 is 5.97 Å². The summed E-state index contributed by atoms with van der Waals surface area (Å²) in [6.07, 6.45) is 0.255. The summed E-state index contributed by atoms with van der Waals surface area (Å²) in [6.45, 7) is 2.43. The molecule has 0 fully saturated rings. The average Bonchev–Trinajstić information content (AvgIpc) is 3.08. The van der Waals surface area contributed by atoms with Crippen LogP contribution in [0.5, 0.6) is 5.75 Å². The van der Waals surface area contributed by atoms with Crippen LogP contribution >= 0.6 is 11.3 Å². The Morgan fingerprint density at radius 2 is 1.89 bits per heavy atom. The number of carbonyl (C=O) groups excluding carboxylic acids is 1. The molecule has 2 N–H and O–H groups in total. The highest BCUT2D eigenvalue weighted by atomic mass is 32.1. The summed E-state index contributed by atoms with van der Waals surface area (Å²) >= 11 is 1.23. The molecule has 142 valence electrons. The van der Waals surface area contributed by atoms with Gasteiger partial charge in [-0.3, -0.25) is 4.79 Å². The van der Waals surface area contributed by atoms with E-state index in [0.29, 0.717) is 17.9 Å². The normalized spacial score (nSPS) is 15.6. The van der Waals surface area contributed by atoms with Crippen LogP contribution in [0, 0.1) is 0 Å². The number of para-hydroxylation sites is 1. The largest absolute Gasteiger partial charge is 0.494 e. The van der Waals surface area contributed by atoms with E-state index in [1.54, 1.807) is 0 Å². The fourth-order valence-corrected chi connectivity index (χ4v) is 4.86. The molecular formula is C22H19NO4S. The number of anilines is 1. The molecular weight excluding hydrogens is 374 g/mol. The summed E-state index contributed by atoms with van der Waals surface area (Å²) in [6, 6.07) is 16.9. The van der Waals surface area contributed by atoms with E-state index < -0.39 is 5.97 Å². The first-order valence-corrected chi connectivity index (χ1v) is 9.88. The predicted octanol–water partition coefficient (Wildman–Crippen LogP) is 4.99. The molecule has 1 atom stereocenters. The minimum Gasteiger partial charge on any atom is -0.494 e. The first-order chi connectivity index (χ1) is 13.6. The van der Waals surface area contributed by atoms with Gasteiger partial charge in [0.15, 0.2) is 0 Å². The molecule has 0 saturated heterocycles. The van der Waals surface area contributed by atoms with Crippen molar-refractivity contribution < 1.29 is 19.4 Å². The zero-order valence-electron chi connectivity index (χ0n) is 15.3. The topological polar surface area (TPSA) is 75.6 Å². The number of carboxylic acids is 1. The molecule has 4 rings (SSSR count). The fraction of sp³-hybridized carbons (Fsp3) is 0.182. The van der Waals surface area contributed by atoms with Crippen LogP contribution in [0.3, 0.4) is 0 Å². The molecule has 5 nitrogen and oxygen atoms in total. The lowest BCUT2D eigenvalue weighted by molar-refractivity contribution is -0.116. The molecule has 3 aromatic rings. The van der Waals surface area contributed by atoms with Crippen LogP contribution in [0.1, 0.15) is 39.4 Å². The molecule has 0 bridgehead atoms. The lowest BCUT2D eigenvalue weighted by Crippen LogP contribution is -2.22. The lowest BCUT2D eigenvalue weighted by Gasteiger charge is -2.25. The standard InChI is InChI=1S/C22H19NO4S/c1-2-27-16-11-7-6-10-14(16)15-12-17(24)23-19-18(13-8-4-3-5-9-13)21(22(25)26)28-20(15)19/h3-11,15H,2,12H2,1H3,(H,23,24)(H,25,26)/t15-/m1/s1. The van der Waals surface area contributed by atoms with Gasteiger partial charge in [-0.05, 0) is 18.6 Å². The van der Waals surface area contributed by atoms with Gasteiger partial charge in [-0.2, -0.15) is 0 Å². The van der Waals surface area contributed by atoms with E-state index >= 15 is 0 Å². The van der Waals surface area contributed by atoms with Gasteiger partial charge in [0.2, 0.25) is 5.91 Å². The maximum absolute atomic E-state index is 12.5. The van der Waals surface area contributed by atoms with Crippen LogP contribution in [0.4, 0.5) is 5.69 Å². The number of carbonyl (C=O) groups is 2. The highest BCUT2D eigenvalue weighted by molar-refractivity contribution is 7.15. The number of ether oxygens (including phenoxy) is 1. The van der Waals surface area contributed by atoms with Crippen LogP contribution in [0.25, 0.3) is 11.1 Å². The number of nitrogens with one attached hydrogen (secondary N) is 1. The van der Waals surface area contributed by atoms with Crippen molar-refractivity contribution in [2.45, 2.75) is 19.3 Å². The SMILES string of the molecule is CCOc1ccccc1[C@H]1CC(=O)Nc2c1sc(C(=O)O)c2-c1ccccc1. The van der Waals surface area contributed by atoms with Crippen LogP contribution in [0.2, 0.25) is 0 Å². The molecule has 2 aromatic carbocycles. The second-order valence-electron chi connectivity index (χ2n) is 6.49. The zero-order valence-corrected chi connectivity index (χ0v) is 16.1. The van der Waals surface area contributed by atoms with Crippen molar-refractivity contribution in [3.8, 4) is 16.9 Å². The molecule has 1 aliphatic rings. The second kappa shape index (κ2) is 7.48. The van der Waals surface area contributed by atoms with E-state index in [4.69, 9.17) is 4.74 Å². The summed E-state index contributed by atoms with van der Waals surface area (Å²) < 4.78 is 5.77. The molecule has 1 aromatic heterocycles. The van der Waals surface area contributed by atoms with Crippen molar-refractivity contribution in [2.75, 3.05) is 11.9 Å². The van der Waals surface area contributed by atoms with E-state index in [9.17, 15) is 14.7 Å². The summed E-state index contributed by atoms with van der Waals surface area (Å²) in [7, 11) is 0. The van der Waals surface area contributed by atoms with Gasteiger partial charge in [0.25, 0.3) is 0 Å². The number of hydrogen-bond acceptors (Lipinski definition) is 4. The van der Waals surface area contributed by atoms with Gasteiger partial charge in [0, 0.05) is 28.3 Å². The van der Waals surface area contributed by atoms with Crippen molar-refractivity contribution in [3.63, 3.8) is 0 Å². The van der Waals surface area contributed by atoms with Crippen molar-refractivity contribution >= 4 is 28.9 Å². The van der Waals surface area contributed by atoms with Gasteiger partial charge < -0.3 is 15.2 Å². The molecule has 2 heterocycles. The first-order valence-electron chi connectivity index (χ1n) is 9.07. The monoisotopic (exact) mass is 393 g/mol. The van der Waals surface area contributed by atoms with E-state index in [1.165, 1.54) is 11.3 Å². The Labute approximate surface area is 166 Å². The number of benzene rings is 2. The van der Waals surface area contributed by atoms with Gasteiger partial charge in [0.05, 0.1) is 12.3 Å². The third kappa shape index (κ3) is 3.16. The molecule has 0 aliphatic carbocycles. The average molecular weight is 393 g/mol. The fourth-order valence-electron chi connectivity index (χ4n) is 3.62. The Balaban J connectivity index is 1.93. The van der Waals surface area contributed by atoms with Crippen molar-refractivity contribution in [2.24, 2.45) is 0 Å². The maximum Gasteiger partial charge on any atom is 0.346 e. The highest BCUT2D eigenvalue weighted by Gasteiger charge is 2.35. The Morgan fingerprint density at radius 1 is 1.18 bits per heavy atom. The third-order valence-electron chi connectivity index (χ3n) is 4.76. The molecule has 1 aliphatic heterocycles. The Hall–Kier alpha value is -3.12. The number of thiophene rings is 1. The number of amides is 1. The van der Waals surface area contributed by atoms with Crippen LogP contribution in [-0.2, 0) is 4.79 Å². The number of aromatic carboxylic acids is 1. The summed E-state index contributed by atoms with van der Waals surface area (Å²) in [5.74, 6) is -0.644. The molecule has 1 amide bonds. The van der Waals surface area contributed by atoms with Gasteiger partial charge in [0.1, 0.15) is 10.6 Å². The zero-order chi connectivity index (χ0) is 19.7. The molecule has 6 heteroatoms. The van der Waals surface area contributed by atoms with E-state index in [1.807, 2.05) is 61.5 Å². The van der Waals surface area contributed by atoms with Crippen molar-refractivity contribution in [1.82, 2.24) is 0 Å². The van der Waals surface area contributed by atoms with Gasteiger partial charge in [-0.15, -0.1) is 11.3 Å². The van der Waals surface area contributed by atoms with E-state index in [-0.39, 0.29) is 23.1 Å². The van der Waals surface area contributed by atoms with E-state index in [0.717, 1.165) is 21.8 Å². The summed E-state index contributed by atoms with van der Waals surface area (Å²) in [4.78, 5) is 25.6. The van der Waals surface area contributed by atoms with Crippen LogP contribution < -0.4 is 10.1 Å². The Kier molecular flexibility index (Phi) is 4.88. The number of rotatable bonds is 5. The van der Waals surface area contributed by atoms with Crippen molar-refractivity contribution in [3.05, 3.63) is 69.9 Å². The quantitative estimate of drug-likeness (QED) is 0.641. The predicted molar refractivity (Wildman–Crippen MR) is 109 cm³/mol. The molecule has 28 heavy (non-hydrogen) atoms. The highest BCUT2D eigenvalue weighted by Crippen LogP contribution is 2.50. The minimum absolute atomic E-state index is 0.129. The second-order valence-corrected chi connectivity index (χ2v) is 7.54. The third-order valence-corrected chi connectivity index (χ3v) is 6.05. The molecule has 0 radical (unpaired) electrons. The molecule has 0 saturated carbocycles. The van der Waals surface area contributed by atoms with Crippen LogP contribution in [0.15, 0.2) is 54.6 Å². The minimum atomic E-state index is -0.996. The summed E-state index contributed by atoms with van der Waals surface area (Å²) in [5, 5.41) is 12.7. The number of fused-ring (bicyclic) bond motifs is 1. The maximum atomic E-state index is 12.5. The number of hydrogen-bond donors (Lipinski definition) is 2. The molecule has 0 spiro atoms. The molecule has 0 unspecified atom stereocenters. The van der Waals surface area contributed by atoms with Crippen LogP contribution in [-0.4, -0.2) is 23.6 Å². The number of carboxylic acid groups (broad SMARTS) is 1. The smallest absolute Gasteiger partial charge is 0.346 e. The van der Waals surface area contributed by atoms with Gasteiger partial charge in [-0.1, -0.05) is 48.5 Å². The van der Waals surface area contributed by atoms with E-state index in [2.05, 4.69) is 5.32 Å².